The van der Waals surface area contributed by atoms with E-state index in [2.05, 4.69) is 15.0 Å². The van der Waals surface area contributed by atoms with Gasteiger partial charge < -0.3 is 15.3 Å². The predicted octanol–water partition coefficient (Wildman–Crippen LogP) is 3.08. The maximum absolute atomic E-state index is 13.7. The molecule has 0 saturated carbocycles. The maximum Gasteiger partial charge on any atom is 0.326 e. The number of carbonyl (C=O) groups is 2. The molecule has 1 aliphatic rings. The summed E-state index contributed by atoms with van der Waals surface area (Å²) in [4.78, 5) is 31.5. The van der Waals surface area contributed by atoms with E-state index in [0.717, 1.165) is 40.5 Å². The van der Waals surface area contributed by atoms with Crippen LogP contribution in [0.2, 0.25) is 0 Å². The van der Waals surface area contributed by atoms with Crippen LogP contribution in [0.4, 0.5) is 19.3 Å². The van der Waals surface area contributed by atoms with Gasteiger partial charge in [0.15, 0.2) is 0 Å². The molecule has 1 unspecified atom stereocenters. The van der Waals surface area contributed by atoms with Crippen molar-refractivity contribution in [1.82, 2.24) is 19.3 Å². The Bertz CT molecular complexity index is 1190. The number of likely N-dealkylation sites (N-methyl/N-ethyl adjacent to an activating group) is 1. The van der Waals surface area contributed by atoms with E-state index in [0.29, 0.717) is 18.8 Å². The van der Waals surface area contributed by atoms with Crippen molar-refractivity contribution in [1.29, 1.82) is 0 Å². The van der Waals surface area contributed by atoms with E-state index in [4.69, 9.17) is 0 Å². The van der Waals surface area contributed by atoms with Crippen molar-refractivity contribution in [3.63, 3.8) is 0 Å². The Morgan fingerprint density at radius 1 is 1.26 bits per heavy atom. The molecule has 34 heavy (non-hydrogen) atoms. The second-order valence-corrected chi connectivity index (χ2v) is 10.2. The van der Waals surface area contributed by atoms with Gasteiger partial charge in [0.25, 0.3) is 0 Å². The summed E-state index contributed by atoms with van der Waals surface area (Å²) >= 11 is 2.48. The number of β-amino-alcohol motifs (C(OH)–C–C–N with tert-alkyl or cyclic N) is 1. The normalized spacial score (nSPS) is 16.0. The van der Waals surface area contributed by atoms with E-state index in [1.165, 1.54) is 16.2 Å². The van der Waals surface area contributed by atoms with Crippen LogP contribution in [-0.2, 0) is 11.2 Å². The number of carbonyl (C=O) groups excluding carboxylic acids is 2. The molecule has 1 aromatic heterocycles. The molecule has 1 saturated heterocycles. The predicted molar refractivity (Wildman–Crippen MR) is 128 cm³/mol. The number of anilines is 1. The molecule has 0 radical (unpaired) electrons. The van der Waals surface area contributed by atoms with Crippen LogP contribution in [0.25, 0.3) is 10.2 Å². The lowest BCUT2D eigenvalue weighted by molar-refractivity contribution is -0.120. The molecule has 3 amide bonds. The van der Waals surface area contributed by atoms with Crippen LogP contribution in [0.3, 0.4) is 0 Å². The molecule has 1 atom stereocenters. The molecule has 8 nitrogen and oxygen atoms in total. The van der Waals surface area contributed by atoms with Gasteiger partial charge in [0.1, 0.15) is 17.7 Å². The third-order valence-electron chi connectivity index (χ3n) is 5.30. The molecule has 3 N–H and O–H groups in total. The first-order chi connectivity index (χ1) is 16.1. The number of hydrogen-bond donors (Lipinski definition) is 3. The van der Waals surface area contributed by atoms with Crippen molar-refractivity contribution in [2.24, 2.45) is 0 Å². The van der Waals surface area contributed by atoms with Crippen molar-refractivity contribution >= 4 is 51.3 Å². The molecule has 0 spiro atoms. The molecule has 4 rings (SSSR count). The SMILES string of the molecule is CN(C(=O)C(Cc1cc(F)cc(F)c1)NC(=O)NSN1CC(C)(O)C1)c1ccc2scnc2c1. The van der Waals surface area contributed by atoms with E-state index in [1.807, 2.05) is 6.07 Å². The van der Waals surface area contributed by atoms with Gasteiger partial charge in [-0.15, -0.1) is 11.3 Å². The third-order valence-corrected chi connectivity index (χ3v) is 6.90. The Balaban J connectivity index is 1.49. The first-order valence-electron chi connectivity index (χ1n) is 10.4. The molecule has 12 heteroatoms. The number of amides is 3. The average molecular weight is 508 g/mol. The molecule has 2 heterocycles. The maximum atomic E-state index is 13.7. The number of benzene rings is 2. The van der Waals surface area contributed by atoms with Gasteiger partial charge in [-0.1, -0.05) is 0 Å². The van der Waals surface area contributed by atoms with Gasteiger partial charge in [-0.25, -0.2) is 22.9 Å². The highest BCUT2D eigenvalue weighted by molar-refractivity contribution is 7.95. The number of nitrogens with one attached hydrogen (secondary N) is 2. The fraction of sp³-hybridized carbons (Fsp3) is 0.318. The van der Waals surface area contributed by atoms with Crippen LogP contribution < -0.4 is 14.9 Å². The number of urea groups is 1. The Hall–Kier alpha value is -2.80. The van der Waals surface area contributed by atoms with Crippen LogP contribution in [0, 0.1) is 11.6 Å². The van der Waals surface area contributed by atoms with Crippen molar-refractivity contribution in [3.8, 4) is 0 Å². The van der Waals surface area contributed by atoms with Gasteiger partial charge in [0.2, 0.25) is 5.91 Å². The number of aromatic nitrogens is 1. The Morgan fingerprint density at radius 2 is 1.97 bits per heavy atom. The molecule has 0 bridgehead atoms. The van der Waals surface area contributed by atoms with Gasteiger partial charge >= 0.3 is 6.03 Å². The van der Waals surface area contributed by atoms with Gasteiger partial charge in [-0.3, -0.25) is 9.52 Å². The number of fused-ring (bicyclic) bond motifs is 1. The number of halogens is 2. The quantitative estimate of drug-likeness (QED) is 0.426. The summed E-state index contributed by atoms with van der Waals surface area (Å²) in [5, 5.41) is 12.4. The van der Waals surface area contributed by atoms with Crippen molar-refractivity contribution < 1.29 is 23.5 Å². The minimum absolute atomic E-state index is 0.118. The second kappa shape index (κ2) is 9.82. The second-order valence-electron chi connectivity index (χ2n) is 8.40. The number of nitrogens with zero attached hydrogens (tertiary/aromatic N) is 3. The molecule has 180 valence electrons. The van der Waals surface area contributed by atoms with E-state index in [9.17, 15) is 23.5 Å². The largest absolute Gasteiger partial charge is 0.387 e. The highest BCUT2D eigenvalue weighted by Gasteiger charge is 2.37. The Morgan fingerprint density at radius 3 is 2.65 bits per heavy atom. The zero-order valence-corrected chi connectivity index (χ0v) is 20.1. The summed E-state index contributed by atoms with van der Waals surface area (Å²) in [6, 6.07) is 6.63. The van der Waals surface area contributed by atoms with Crippen LogP contribution in [0.5, 0.6) is 0 Å². The fourth-order valence-electron chi connectivity index (χ4n) is 3.65. The van der Waals surface area contributed by atoms with E-state index < -0.39 is 35.2 Å². The van der Waals surface area contributed by atoms with E-state index in [1.54, 1.807) is 35.9 Å². The summed E-state index contributed by atoms with van der Waals surface area (Å²) in [6.07, 6.45) is -0.118. The molecule has 1 fully saturated rings. The van der Waals surface area contributed by atoms with Crippen molar-refractivity contribution in [2.45, 2.75) is 25.0 Å². The Kier molecular flexibility index (Phi) is 7.03. The van der Waals surface area contributed by atoms with Crippen molar-refractivity contribution in [3.05, 3.63) is 59.1 Å². The lowest BCUT2D eigenvalue weighted by Crippen LogP contribution is -2.58. The molecule has 2 aromatic carbocycles. The fourth-order valence-corrected chi connectivity index (χ4v) is 5.27. The smallest absolute Gasteiger partial charge is 0.326 e. The van der Waals surface area contributed by atoms with Crippen LogP contribution in [0.15, 0.2) is 41.9 Å². The number of thiazole rings is 1. The van der Waals surface area contributed by atoms with Gasteiger partial charge in [0.05, 0.1) is 21.3 Å². The topological polar surface area (TPSA) is 97.8 Å². The molecular formula is C22H23F2N5O3S2. The monoisotopic (exact) mass is 507 g/mol. The minimum atomic E-state index is -1.10. The van der Waals surface area contributed by atoms with Crippen molar-refractivity contribution in [2.75, 3.05) is 25.0 Å². The zero-order chi connectivity index (χ0) is 24.5. The molecule has 1 aliphatic heterocycles. The van der Waals surface area contributed by atoms with Crippen LogP contribution in [0.1, 0.15) is 12.5 Å². The van der Waals surface area contributed by atoms with E-state index in [-0.39, 0.29) is 12.0 Å². The highest BCUT2D eigenvalue weighted by atomic mass is 32.2. The lowest BCUT2D eigenvalue weighted by Gasteiger charge is -2.42. The van der Waals surface area contributed by atoms with Gasteiger partial charge in [0, 0.05) is 50.4 Å². The Labute approximate surface area is 203 Å². The summed E-state index contributed by atoms with van der Waals surface area (Å²) in [6.45, 7) is 2.45. The summed E-state index contributed by atoms with van der Waals surface area (Å²) in [5.74, 6) is -2.01. The number of aliphatic hydroxyl groups is 1. The lowest BCUT2D eigenvalue weighted by atomic mass is 10.0. The van der Waals surface area contributed by atoms with Gasteiger partial charge in [-0.05, 0) is 42.8 Å². The number of hydrogen-bond acceptors (Lipinski definition) is 7. The summed E-state index contributed by atoms with van der Waals surface area (Å²) < 4.78 is 32.7. The van der Waals surface area contributed by atoms with E-state index >= 15 is 0 Å². The zero-order valence-electron chi connectivity index (χ0n) is 18.4. The number of rotatable bonds is 7. The van der Waals surface area contributed by atoms with Crippen LogP contribution >= 0.6 is 23.5 Å². The highest BCUT2D eigenvalue weighted by Crippen LogP contribution is 2.26. The molecule has 3 aromatic rings. The minimum Gasteiger partial charge on any atom is -0.387 e. The average Bonchev–Trinajstić information content (AvgIpc) is 3.22. The van der Waals surface area contributed by atoms with Gasteiger partial charge in [-0.2, -0.15) is 0 Å². The summed E-state index contributed by atoms with van der Waals surface area (Å²) in [5.41, 5.74) is 2.44. The molecular weight excluding hydrogens is 484 g/mol. The third kappa shape index (κ3) is 5.81. The first-order valence-corrected chi connectivity index (χ1v) is 12.0. The van der Waals surface area contributed by atoms with Crippen LogP contribution in [-0.4, -0.2) is 58.1 Å². The molecule has 0 aliphatic carbocycles. The standard InChI is InChI=1S/C22H23F2N5O3S2/c1-22(32)10-29(11-22)34-27-21(31)26-18(7-13-5-14(23)8-15(24)6-13)20(30)28(2)16-3-4-19-17(9-16)25-12-33-19/h3-6,8-9,12,18,32H,7,10-11H2,1-2H3,(H2,26,27,31). The first kappa shape index (κ1) is 24.3. The summed E-state index contributed by atoms with van der Waals surface area (Å²) in [7, 11) is 1.56.